The number of carbonyl (C=O) groups excluding carboxylic acids is 1. The van der Waals surface area contributed by atoms with E-state index in [4.69, 9.17) is 9.47 Å². The lowest BCUT2D eigenvalue weighted by Crippen LogP contribution is -2.35. The largest absolute Gasteiger partial charge is 0.494 e. The molecule has 6 nitrogen and oxygen atoms in total. The van der Waals surface area contributed by atoms with Crippen LogP contribution >= 0.6 is 0 Å². The van der Waals surface area contributed by atoms with Gasteiger partial charge in [0.25, 0.3) is 0 Å². The van der Waals surface area contributed by atoms with Gasteiger partial charge in [-0.05, 0) is 49.4 Å². The van der Waals surface area contributed by atoms with Crippen LogP contribution in [-0.2, 0) is 11.3 Å². The van der Waals surface area contributed by atoms with E-state index in [1.807, 2.05) is 61.7 Å². The van der Waals surface area contributed by atoms with E-state index >= 15 is 0 Å². The molecule has 1 aliphatic rings. The number of hydrogen-bond acceptors (Lipinski definition) is 5. The number of morpholine rings is 1. The van der Waals surface area contributed by atoms with Gasteiger partial charge in [0, 0.05) is 42.5 Å². The first-order valence-corrected chi connectivity index (χ1v) is 10.6. The van der Waals surface area contributed by atoms with Gasteiger partial charge in [-0.1, -0.05) is 18.2 Å². The Balaban J connectivity index is 1.48. The number of rotatable bonds is 8. The number of carbonyl (C=O) groups is 1. The minimum absolute atomic E-state index is 0.0428. The van der Waals surface area contributed by atoms with Crippen molar-refractivity contribution in [3.8, 4) is 11.4 Å². The van der Waals surface area contributed by atoms with E-state index in [0.717, 1.165) is 55.4 Å². The summed E-state index contributed by atoms with van der Waals surface area (Å²) in [6.45, 7) is 6.55. The van der Waals surface area contributed by atoms with Crippen molar-refractivity contribution in [3.63, 3.8) is 0 Å². The number of hydrogen-bond donors (Lipinski definition) is 0. The third-order valence-corrected chi connectivity index (χ3v) is 5.19. The van der Waals surface area contributed by atoms with Crippen molar-refractivity contribution in [2.75, 3.05) is 32.9 Å². The molecule has 31 heavy (non-hydrogen) atoms. The lowest BCUT2D eigenvalue weighted by molar-refractivity contribution is 0.0338. The Bertz CT molecular complexity index is 1040. The van der Waals surface area contributed by atoms with Crippen molar-refractivity contribution in [3.05, 3.63) is 83.7 Å². The van der Waals surface area contributed by atoms with Gasteiger partial charge in [0.2, 0.25) is 0 Å². The fourth-order valence-corrected chi connectivity index (χ4v) is 3.57. The smallest absolute Gasteiger partial charge is 0.185 e. The van der Waals surface area contributed by atoms with E-state index in [2.05, 4.69) is 10.00 Å². The average Bonchev–Trinajstić information content (AvgIpc) is 3.29. The minimum atomic E-state index is -0.0428. The third kappa shape index (κ3) is 5.48. The number of allylic oxidation sites excluding steroid dienone is 1. The molecule has 1 saturated heterocycles. The summed E-state index contributed by atoms with van der Waals surface area (Å²) in [5, 5.41) is 4.37. The predicted octanol–water partition coefficient (Wildman–Crippen LogP) is 4.00. The highest BCUT2D eigenvalue weighted by Crippen LogP contribution is 2.23. The van der Waals surface area contributed by atoms with Crippen LogP contribution in [0.2, 0.25) is 0 Å². The van der Waals surface area contributed by atoms with Crippen LogP contribution in [0.4, 0.5) is 0 Å². The first-order chi connectivity index (χ1) is 15.2. The highest BCUT2D eigenvalue weighted by molar-refractivity contribution is 6.07. The normalized spacial score (nSPS) is 14.7. The number of ketones is 1. The number of para-hydroxylation sites is 1. The highest BCUT2D eigenvalue weighted by atomic mass is 16.5. The van der Waals surface area contributed by atoms with Gasteiger partial charge in [-0.2, -0.15) is 5.10 Å². The van der Waals surface area contributed by atoms with Crippen molar-refractivity contribution in [1.29, 1.82) is 0 Å². The maximum absolute atomic E-state index is 12.8. The molecule has 1 aromatic heterocycles. The molecule has 0 atom stereocenters. The monoisotopic (exact) mass is 417 g/mol. The molecule has 2 heterocycles. The van der Waals surface area contributed by atoms with Crippen LogP contribution in [0.5, 0.6) is 5.75 Å². The van der Waals surface area contributed by atoms with Gasteiger partial charge in [-0.3, -0.25) is 9.69 Å². The van der Waals surface area contributed by atoms with Gasteiger partial charge < -0.3 is 9.47 Å². The molecule has 0 saturated carbocycles. The van der Waals surface area contributed by atoms with Crippen molar-refractivity contribution >= 4 is 11.9 Å². The van der Waals surface area contributed by atoms with Crippen molar-refractivity contribution < 1.29 is 14.3 Å². The van der Waals surface area contributed by atoms with Crippen molar-refractivity contribution in [2.45, 2.75) is 13.5 Å². The van der Waals surface area contributed by atoms with E-state index in [1.54, 1.807) is 23.0 Å². The van der Waals surface area contributed by atoms with Crippen molar-refractivity contribution in [1.82, 2.24) is 14.7 Å². The average molecular weight is 418 g/mol. The summed E-state index contributed by atoms with van der Waals surface area (Å²) in [5.41, 5.74) is 3.53. The lowest BCUT2D eigenvalue weighted by atomic mass is 10.0. The van der Waals surface area contributed by atoms with Gasteiger partial charge in [0.05, 0.1) is 31.7 Å². The molecular formula is C25H27N3O3. The van der Waals surface area contributed by atoms with Crippen LogP contribution < -0.4 is 4.74 Å². The molecule has 160 valence electrons. The lowest BCUT2D eigenvalue weighted by Gasteiger charge is -2.27. The molecule has 3 aromatic rings. The van der Waals surface area contributed by atoms with Crippen LogP contribution in [0.25, 0.3) is 11.8 Å². The summed E-state index contributed by atoms with van der Waals surface area (Å²) in [6.07, 6.45) is 7.05. The Labute approximate surface area is 182 Å². The van der Waals surface area contributed by atoms with Gasteiger partial charge in [-0.25, -0.2) is 4.68 Å². The first-order valence-electron chi connectivity index (χ1n) is 10.6. The molecule has 0 aliphatic carbocycles. The summed E-state index contributed by atoms with van der Waals surface area (Å²) in [4.78, 5) is 15.1. The Kier molecular flexibility index (Phi) is 6.92. The Morgan fingerprint density at radius 2 is 1.97 bits per heavy atom. The molecule has 0 spiro atoms. The van der Waals surface area contributed by atoms with Gasteiger partial charge in [-0.15, -0.1) is 0 Å². The standard InChI is InChI=1S/C25H27N3O3/c1-2-31-25-11-9-21(16-22(25)19-27-12-14-30-15-13-27)24(29)10-8-20-17-26-28(18-20)23-6-4-3-5-7-23/h3-11,16-18H,2,12-15,19H2,1H3. The fourth-order valence-electron chi connectivity index (χ4n) is 3.57. The van der Waals surface area contributed by atoms with Crippen LogP contribution in [0.3, 0.4) is 0 Å². The topological polar surface area (TPSA) is 56.6 Å². The van der Waals surface area contributed by atoms with Gasteiger partial charge >= 0.3 is 0 Å². The second kappa shape index (κ2) is 10.2. The molecule has 1 fully saturated rings. The number of aromatic nitrogens is 2. The summed E-state index contributed by atoms with van der Waals surface area (Å²) < 4.78 is 13.0. The van der Waals surface area contributed by atoms with Gasteiger partial charge in [0.15, 0.2) is 5.78 Å². The van der Waals surface area contributed by atoms with Crippen LogP contribution in [0, 0.1) is 0 Å². The molecule has 0 N–H and O–H groups in total. The maximum atomic E-state index is 12.8. The minimum Gasteiger partial charge on any atom is -0.494 e. The van der Waals surface area contributed by atoms with Crippen LogP contribution in [0.1, 0.15) is 28.4 Å². The quantitative estimate of drug-likeness (QED) is 0.410. The molecule has 0 radical (unpaired) electrons. The van der Waals surface area contributed by atoms with Crippen molar-refractivity contribution in [2.24, 2.45) is 0 Å². The van der Waals surface area contributed by atoms with E-state index in [0.29, 0.717) is 12.2 Å². The van der Waals surface area contributed by atoms with Gasteiger partial charge in [0.1, 0.15) is 5.75 Å². The molecule has 1 aliphatic heterocycles. The zero-order valence-electron chi connectivity index (χ0n) is 17.7. The zero-order valence-corrected chi connectivity index (χ0v) is 17.7. The molecular weight excluding hydrogens is 390 g/mol. The summed E-state index contributed by atoms with van der Waals surface area (Å²) >= 11 is 0. The third-order valence-electron chi connectivity index (χ3n) is 5.19. The molecule has 6 heteroatoms. The molecule has 0 amide bonds. The zero-order chi connectivity index (χ0) is 21.5. The van der Waals surface area contributed by atoms with Crippen LogP contribution in [-0.4, -0.2) is 53.4 Å². The molecule has 2 aromatic carbocycles. The number of nitrogens with zero attached hydrogens (tertiary/aromatic N) is 3. The summed E-state index contributed by atoms with van der Waals surface area (Å²) in [5.74, 6) is 0.789. The second-order valence-electron chi connectivity index (χ2n) is 7.40. The molecule has 4 rings (SSSR count). The van der Waals surface area contributed by atoms with E-state index in [9.17, 15) is 4.79 Å². The second-order valence-corrected chi connectivity index (χ2v) is 7.40. The Hall–Kier alpha value is -3.22. The first kappa shape index (κ1) is 21.0. The summed E-state index contributed by atoms with van der Waals surface area (Å²) in [6, 6.07) is 15.6. The Morgan fingerprint density at radius 1 is 1.16 bits per heavy atom. The molecule has 0 unspecified atom stereocenters. The SMILES string of the molecule is CCOc1ccc(C(=O)C=Cc2cnn(-c3ccccc3)c2)cc1CN1CCOCC1. The maximum Gasteiger partial charge on any atom is 0.185 e. The summed E-state index contributed by atoms with van der Waals surface area (Å²) in [7, 11) is 0. The fraction of sp³-hybridized carbons (Fsp3) is 0.280. The van der Waals surface area contributed by atoms with Crippen LogP contribution in [0.15, 0.2) is 67.0 Å². The van der Waals surface area contributed by atoms with E-state index in [1.165, 1.54) is 0 Å². The van der Waals surface area contributed by atoms with E-state index in [-0.39, 0.29) is 5.78 Å². The van der Waals surface area contributed by atoms with E-state index < -0.39 is 0 Å². The number of benzene rings is 2. The Morgan fingerprint density at radius 3 is 2.74 bits per heavy atom. The predicted molar refractivity (Wildman–Crippen MR) is 121 cm³/mol. The highest BCUT2D eigenvalue weighted by Gasteiger charge is 2.15. The number of ether oxygens (including phenoxy) is 2. The molecule has 0 bridgehead atoms.